The summed E-state index contributed by atoms with van der Waals surface area (Å²) in [4.78, 5) is 2.22. The number of nitrogens with one attached hydrogen (secondary N) is 1. The number of rotatable bonds is 5. The highest BCUT2D eigenvalue weighted by Gasteiger charge is 2.21. The molecule has 0 unspecified atom stereocenters. The first-order valence-electron chi connectivity index (χ1n) is 8.33. The maximum atomic E-state index is 3.75. The molecule has 3 rings (SSSR count). The fourth-order valence-corrected chi connectivity index (χ4v) is 3.37. The van der Waals surface area contributed by atoms with E-state index in [0.29, 0.717) is 6.04 Å². The number of benzene rings is 2. The quantitative estimate of drug-likeness (QED) is 0.718. The Morgan fingerprint density at radius 1 is 1.00 bits per heavy atom. The molecule has 0 radical (unpaired) electrons. The zero-order chi connectivity index (χ0) is 15.7. The molecular formula is C20H26N2. The minimum Gasteiger partial charge on any atom is -0.381 e. The van der Waals surface area contributed by atoms with Crippen LogP contribution >= 0.6 is 0 Å². The third-order valence-corrected chi connectivity index (χ3v) is 4.74. The summed E-state index contributed by atoms with van der Waals surface area (Å²) in [5.74, 6) is 0. The molecule has 0 spiro atoms. The molecule has 0 heterocycles. The topological polar surface area (TPSA) is 15.3 Å². The van der Waals surface area contributed by atoms with E-state index in [1.807, 2.05) is 0 Å². The van der Waals surface area contributed by atoms with Gasteiger partial charge in [0.1, 0.15) is 0 Å². The first-order valence-corrected chi connectivity index (χ1v) is 8.33. The molecule has 0 amide bonds. The Morgan fingerprint density at radius 2 is 1.73 bits per heavy atom. The van der Waals surface area contributed by atoms with Crippen molar-refractivity contribution in [2.45, 2.75) is 39.2 Å². The molecule has 0 aliphatic heterocycles. The predicted molar refractivity (Wildman–Crippen MR) is 97.0 cm³/mol. The van der Waals surface area contributed by atoms with Crippen molar-refractivity contribution in [3.8, 4) is 11.1 Å². The van der Waals surface area contributed by atoms with Gasteiger partial charge in [0.05, 0.1) is 11.4 Å². The van der Waals surface area contributed by atoms with Crippen molar-refractivity contribution in [2.75, 3.05) is 24.3 Å². The summed E-state index contributed by atoms with van der Waals surface area (Å²) in [7, 11) is 4.25. The molecular weight excluding hydrogens is 268 g/mol. The van der Waals surface area contributed by atoms with E-state index >= 15 is 0 Å². The van der Waals surface area contributed by atoms with E-state index in [1.165, 1.54) is 33.6 Å². The number of fused-ring (bicyclic) bond motifs is 3. The van der Waals surface area contributed by atoms with Crippen LogP contribution in [0.15, 0.2) is 36.4 Å². The van der Waals surface area contributed by atoms with E-state index in [2.05, 4.69) is 74.6 Å². The van der Waals surface area contributed by atoms with Crippen LogP contribution in [0, 0.1) is 0 Å². The van der Waals surface area contributed by atoms with Gasteiger partial charge in [-0.05, 0) is 53.6 Å². The minimum atomic E-state index is 0.536. The second-order valence-corrected chi connectivity index (χ2v) is 6.41. The van der Waals surface area contributed by atoms with Crippen LogP contribution in [0.1, 0.15) is 37.8 Å². The lowest BCUT2D eigenvalue weighted by Crippen LogP contribution is -2.20. The van der Waals surface area contributed by atoms with Crippen molar-refractivity contribution in [1.29, 1.82) is 0 Å². The largest absolute Gasteiger partial charge is 0.381 e. The smallest absolute Gasteiger partial charge is 0.0600 e. The van der Waals surface area contributed by atoms with Gasteiger partial charge in [0, 0.05) is 20.1 Å². The summed E-state index contributed by atoms with van der Waals surface area (Å²) in [6.07, 6.45) is 3.35. The Kier molecular flexibility index (Phi) is 4.10. The van der Waals surface area contributed by atoms with E-state index in [-0.39, 0.29) is 0 Å². The number of anilines is 2. The van der Waals surface area contributed by atoms with Gasteiger partial charge in [-0.1, -0.05) is 38.1 Å². The van der Waals surface area contributed by atoms with E-state index in [0.717, 1.165) is 19.3 Å². The first kappa shape index (κ1) is 15.0. The summed E-state index contributed by atoms with van der Waals surface area (Å²) in [6.45, 7) is 4.50. The molecule has 0 atom stereocenters. The first-order chi connectivity index (χ1) is 10.6. The lowest BCUT2D eigenvalue weighted by atomic mass is 10.0. The van der Waals surface area contributed by atoms with Gasteiger partial charge in [-0.3, -0.25) is 0 Å². The summed E-state index contributed by atoms with van der Waals surface area (Å²) < 4.78 is 0. The summed E-state index contributed by atoms with van der Waals surface area (Å²) >= 11 is 0. The Balaban J connectivity index is 2.06. The van der Waals surface area contributed by atoms with Crippen molar-refractivity contribution < 1.29 is 0 Å². The van der Waals surface area contributed by atoms with Gasteiger partial charge in [-0.2, -0.15) is 0 Å². The Hall–Kier alpha value is -1.96. The third-order valence-electron chi connectivity index (χ3n) is 4.74. The lowest BCUT2D eigenvalue weighted by molar-refractivity contribution is 0.671. The SMILES string of the molecule is CCC(CC)Nc1cc2c(cc1N(C)C)Cc1ccccc1-2. The fourth-order valence-electron chi connectivity index (χ4n) is 3.37. The van der Waals surface area contributed by atoms with Crippen molar-refractivity contribution >= 4 is 11.4 Å². The maximum absolute atomic E-state index is 3.75. The summed E-state index contributed by atoms with van der Waals surface area (Å²) in [5, 5.41) is 3.75. The Morgan fingerprint density at radius 3 is 2.41 bits per heavy atom. The molecule has 2 nitrogen and oxygen atoms in total. The Labute approximate surface area is 134 Å². The van der Waals surface area contributed by atoms with Crippen LogP contribution in [0.4, 0.5) is 11.4 Å². The van der Waals surface area contributed by atoms with Crippen molar-refractivity contribution in [3.05, 3.63) is 47.5 Å². The summed E-state index contributed by atoms with van der Waals surface area (Å²) in [6, 6.07) is 14.0. The van der Waals surface area contributed by atoms with Crippen molar-refractivity contribution in [2.24, 2.45) is 0 Å². The van der Waals surface area contributed by atoms with Crippen LogP contribution in [0.2, 0.25) is 0 Å². The normalized spacial score (nSPS) is 12.2. The summed E-state index contributed by atoms with van der Waals surface area (Å²) in [5.41, 5.74) is 8.24. The second kappa shape index (κ2) is 6.04. The van der Waals surface area contributed by atoms with Crippen molar-refractivity contribution in [1.82, 2.24) is 0 Å². The highest BCUT2D eigenvalue weighted by Crippen LogP contribution is 2.41. The zero-order valence-corrected chi connectivity index (χ0v) is 14.1. The molecule has 1 aliphatic carbocycles. The van der Waals surface area contributed by atoms with E-state index in [1.54, 1.807) is 0 Å². The number of hydrogen-bond acceptors (Lipinski definition) is 2. The number of hydrogen-bond donors (Lipinski definition) is 1. The monoisotopic (exact) mass is 294 g/mol. The number of nitrogens with zero attached hydrogens (tertiary/aromatic N) is 1. The highest BCUT2D eigenvalue weighted by molar-refractivity contribution is 5.85. The molecule has 1 aliphatic rings. The standard InChI is InChI=1S/C20H26N2/c1-5-16(6-2)21-19-13-18-15(12-20(19)22(3)4)11-14-9-7-8-10-17(14)18/h7-10,12-13,16,21H,5-6,11H2,1-4H3. The maximum Gasteiger partial charge on any atom is 0.0600 e. The average Bonchev–Trinajstić information content (AvgIpc) is 2.89. The minimum absolute atomic E-state index is 0.536. The molecule has 0 aromatic heterocycles. The van der Waals surface area contributed by atoms with Crippen LogP contribution in [0.3, 0.4) is 0 Å². The Bertz CT molecular complexity index is 669. The zero-order valence-electron chi connectivity index (χ0n) is 14.1. The molecule has 0 fully saturated rings. The lowest BCUT2D eigenvalue weighted by Gasteiger charge is -2.24. The van der Waals surface area contributed by atoms with E-state index < -0.39 is 0 Å². The van der Waals surface area contributed by atoms with E-state index in [9.17, 15) is 0 Å². The molecule has 0 saturated heterocycles. The van der Waals surface area contributed by atoms with Gasteiger partial charge < -0.3 is 10.2 Å². The van der Waals surface area contributed by atoms with Gasteiger partial charge >= 0.3 is 0 Å². The van der Waals surface area contributed by atoms with E-state index in [4.69, 9.17) is 0 Å². The molecule has 0 bridgehead atoms. The van der Waals surface area contributed by atoms with Crippen LogP contribution in [0.5, 0.6) is 0 Å². The average molecular weight is 294 g/mol. The molecule has 2 aromatic rings. The second-order valence-electron chi connectivity index (χ2n) is 6.41. The molecule has 0 saturated carbocycles. The van der Waals surface area contributed by atoms with Crippen LogP contribution in [-0.4, -0.2) is 20.1 Å². The van der Waals surface area contributed by atoms with Gasteiger partial charge in [-0.15, -0.1) is 0 Å². The van der Waals surface area contributed by atoms with Gasteiger partial charge in [0.25, 0.3) is 0 Å². The van der Waals surface area contributed by atoms with Crippen molar-refractivity contribution in [3.63, 3.8) is 0 Å². The molecule has 1 N–H and O–H groups in total. The molecule has 2 aromatic carbocycles. The predicted octanol–water partition coefficient (Wildman–Crippen LogP) is 4.92. The van der Waals surface area contributed by atoms with Gasteiger partial charge in [-0.25, -0.2) is 0 Å². The van der Waals surface area contributed by atoms with Crippen LogP contribution in [-0.2, 0) is 6.42 Å². The molecule has 2 heteroatoms. The van der Waals surface area contributed by atoms with Crippen LogP contribution < -0.4 is 10.2 Å². The third kappa shape index (κ3) is 2.58. The van der Waals surface area contributed by atoms with Gasteiger partial charge in [0.15, 0.2) is 0 Å². The molecule has 22 heavy (non-hydrogen) atoms. The van der Waals surface area contributed by atoms with Gasteiger partial charge in [0.2, 0.25) is 0 Å². The molecule has 116 valence electrons. The highest BCUT2D eigenvalue weighted by atomic mass is 15.1. The fraction of sp³-hybridized carbons (Fsp3) is 0.400. The van der Waals surface area contributed by atoms with Crippen LogP contribution in [0.25, 0.3) is 11.1 Å².